The van der Waals surface area contributed by atoms with Gasteiger partial charge in [0.2, 0.25) is 5.91 Å². The minimum atomic E-state index is -0.252. The summed E-state index contributed by atoms with van der Waals surface area (Å²) in [6.45, 7) is 3.54. The van der Waals surface area contributed by atoms with Crippen LogP contribution in [0.5, 0.6) is 0 Å². The van der Waals surface area contributed by atoms with Crippen LogP contribution in [0.2, 0.25) is 0 Å². The number of nitrogens with zero attached hydrogens (tertiary/aromatic N) is 3. The number of ether oxygens (including phenoxy) is 1. The molecule has 5 heteroatoms. The topological polar surface area (TPSA) is 45.7 Å². The highest BCUT2D eigenvalue weighted by Crippen LogP contribution is 2.36. The molecule has 0 spiro atoms. The molecule has 1 fully saturated rings. The summed E-state index contributed by atoms with van der Waals surface area (Å²) >= 11 is 0. The molecule has 24 heavy (non-hydrogen) atoms. The summed E-state index contributed by atoms with van der Waals surface area (Å²) in [7, 11) is 5.48. The molecule has 1 aliphatic heterocycles. The van der Waals surface area contributed by atoms with Crippen molar-refractivity contribution in [3.8, 4) is 0 Å². The maximum Gasteiger partial charge on any atom is 0.229 e. The van der Waals surface area contributed by atoms with Crippen molar-refractivity contribution in [3.63, 3.8) is 0 Å². The lowest BCUT2D eigenvalue weighted by Gasteiger charge is -2.43. The van der Waals surface area contributed by atoms with Crippen LogP contribution in [0.1, 0.15) is 31.2 Å². The molecule has 1 saturated heterocycles. The van der Waals surface area contributed by atoms with Gasteiger partial charge in [-0.05, 0) is 50.3 Å². The van der Waals surface area contributed by atoms with E-state index >= 15 is 0 Å². The van der Waals surface area contributed by atoms with E-state index in [0.29, 0.717) is 0 Å². The van der Waals surface area contributed by atoms with E-state index < -0.39 is 0 Å². The van der Waals surface area contributed by atoms with Gasteiger partial charge in [-0.25, -0.2) is 0 Å². The van der Waals surface area contributed by atoms with E-state index in [4.69, 9.17) is 4.74 Å². The van der Waals surface area contributed by atoms with E-state index in [2.05, 4.69) is 16.0 Å². The Morgan fingerprint density at radius 3 is 2.96 bits per heavy atom. The zero-order valence-electron chi connectivity index (χ0n) is 15.3. The van der Waals surface area contributed by atoms with E-state index in [0.717, 1.165) is 58.3 Å². The van der Waals surface area contributed by atoms with Crippen molar-refractivity contribution in [2.45, 2.75) is 32.1 Å². The molecule has 1 aromatic rings. The molecule has 1 aromatic heterocycles. The van der Waals surface area contributed by atoms with E-state index in [1.54, 1.807) is 18.2 Å². The van der Waals surface area contributed by atoms with Gasteiger partial charge in [0, 0.05) is 46.7 Å². The predicted molar refractivity (Wildman–Crippen MR) is 95.9 cm³/mol. The van der Waals surface area contributed by atoms with Crippen molar-refractivity contribution < 1.29 is 9.53 Å². The zero-order chi connectivity index (χ0) is 17.4. The summed E-state index contributed by atoms with van der Waals surface area (Å²) in [6.07, 6.45) is 8.72. The SMILES string of the molecule is COCCN1CCCC(CCCc2cccnc2)(C(=O)N(C)C)C1. The van der Waals surface area contributed by atoms with Crippen molar-refractivity contribution in [1.82, 2.24) is 14.8 Å². The Balaban J connectivity index is 2.01. The zero-order valence-corrected chi connectivity index (χ0v) is 15.3. The van der Waals surface area contributed by atoms with Crippen LogP contribution in [0.3, 0.4) is 0 Å². The average Bonchev–Trinajstić information content (AvgIpc) is 2.60. The van der Waals surface area contributed by atoms with Gasteiger partial charge in [-0.1, -0.05) is 6.07 Å². The van der Waals surface area contributed by atoms with Crippen LogP contribution >= 0.6 is 0 Å². The number of rotatable bonds is 8. The second-order valence-corrected chi connectivity index (χ2v) is 7.07. The molecule has 0 aromatic carbocycles. The number of pyridine rings is 1. The van der Waals surface area contributed by atoms with Crippen LogP contribution in [0.25, 0.3) is 0 Å². The Hall–Kier alpha value is -1.46. The monoisotopic (exact) mass is 333 g/mol. The highest BCUT2D eigenvalue weighted by molar-refractivity contribution is 5.82. The number of aromatic nitrogens is 1. The standard InChI is InChI=1S/C19H31N3O2/c1-21(2)18(23)19(9-4-7-17-8-5-11-20-15-17)10-6-12-22(16-19)13-14-24-3/h5,8,11,15H,4,6-7,9-10,12-14,16H2,1-3H3. The second kappa shape index (κ2) is 9.14. The summed E-state index contributed by atoms with van der Waals surface area (Å²) < 4.78 is 5.22. The highest BCUT2D eigenvalue weighted by atomic mass is 16.5. The number of methoxy groups -OCH3 is 1. The number of aryl methyl sites for hydroxylation is 1. The van der Waals surface area contributed by atoms with Gasteiger partial charge in [0.25, 0.3) is 0 Å². The lowest BCUT2D eigenvalue weighted by atomic mass is 9.74. The molecule has 0 saturated carbocycles. The molecule has 1 atom stereocenters. The number of amides is 1. The molecule has 0 radical (unpaired) electrons. The van der Waals surface area contributed by atoms with Crippen molar-refractivity contribution in [3.05, 3.63) is 30.1 Å². The van der Waals surface area contributed by atoms with Crippen molar-refractivity contribution in [1.29, 1.82) is 0 Å². The van der Waals surface area contributed by atoms with Crippen LogP contribution in [0.15, 0.2) is 24.5 Å². The highest BCUT2D eigenvalue weighted by Gasteiger charge is 2.42. The number of piperidine rings is 1. The van der Waals surface area contributed by atoms with Gasteiger partial charge < -0.3 is 9.64 Å². The molecular formula is C19H31N3O2. The molecule has 0 N–H and O–H groups in total. The minimum Gasteiger partial charge on any atom is -0.383 e. The summed E-state index contributed by atoms with van der Waals surface area (Å²) in [5, 5.41) is 0. The summed E-state index contributed by atoms with van der Waals surface area (Å²) in [6, 6.07) is 4.09. The molecule has 2 heterocycles. The van der Waals surface area contributed by atoms with E-state index in [-0.39, 0.29) is 11.3 Å². The lowest BCUT2D eigenvalue weighted by Crippen LogP contribution is -2.52. The van der Waals surface area contributed by atoms with Crippen molar-refractivity contribution in [2.24, 2.45) is 5.41 Å². The normalized spacial score (nSPS) is 21.6. The van der Waals surface area contributed by atoms with Crippen molar-refractivity contribution in [2.75, 3.05) is 47.4 Å². The van der Waals surface area contributed by atoms with Crippen molar-refractivity contribution >= 4 is 5.91 Å². The molecule has 0 bridgehead atoms. The fraction of sp³-hybridized carbons (Fsp3) is 0.684. The van der Waals surface area contributed by atoms with Crippen LogP contribution in [0.4, 0.5) is 0 Å². The molecular weight excluding hydrogens is 302 g/mol. The maximum atomic E-state index is 12.9. The third-order valence-electron chi connectivity index (χ3n) is 4.97. The summed E-state index contributed by atoms with van der Waals surface area (Å²) in [5.74, 6) is 0.274. The Bertz CT molecular complexity index is 507. The van der Waals surface area contributed by atoms with Gasteiger partial charge >= 0.3 is 0 Å². The predicted octanol–water partition coefficient (Wildman–Crippen LogP) is 2.22. The van der Waals surface area contributed by atoms with Gasteiger partial charge in [0.1, 0.15) is 0 Å². The third-order valence-corrected chi connectivity index (χ3v) is 4.97. The first-order chi connectivity index (χ1) is 11.6. The summed E-state index contributed by atoms with van der Waals surface area (Å²) in [5.41, 5.74) is 0.995. The summed E-state index contributed by atoms with van der Waals surface area (Å²) in [4.78, 5) is 21.3. The molecule has 1 unspecified atom stereocenters. The lowest BCUT2D eigenvalue weighted by molar-refractivity contribution is -0.144. The molecule has 0 aliphatic carbocycles. The first-order valence-corrected chi connectivity index (χ1v) is 8.89. The van der Waals surface area contributed by atoms with E-state index in [1.165, 1.54) is 5.56 Å². The molecule has 1 aliphatic rings. The van der Waals surface area contributed by atoms with Crippen LogP contribution in [-0.4, -0.2) is 68.1 Å². The number of hydrogen-bond donors (Lipinski definition) is 0. The molecule has 2 rings (SSSR count). The van der Waals surface area contributed by atoms with E-state index in [9.17, 15) is 4.79 Å². The number of likely N-dealkylation sites (tertiary alicyclic amines) is 1. The fourth-order valence-electron chi connectivity index (χ4n) is 3.78. The maximum absolute atomic E-state index is 12.9. The fourth-order valence-corrected chi connectivity index (χ4v) is 3.78. The van der Waals surface area contributed by atoms with Crippen LogP contribution < -0.4 is 0 Å². The Labute approximate surface area is 146 Å². The number of carbonyl (C=O) groups is 1. The molecule has 1 amide bonds. The van der Waals surface area contributed by atoms with Crippen LogP contribution in [-0.2, 0) is 16.0 Å². The van der Waals surface area contributed by atoms with Crippen LogP contribution in [0, 0.1) is 5.41 Å². The number of hydrogen-bond acceptors (Lipinski definition) is 4. The molecule has 5 nitrogen and oxygen atoms in total. The first kappa shape index (κ1) is 18.9. The first-order valence-electron chi connectivity index (χ1n) is 8.89. The minimum absolute atomic E-state index is 0.252. The van der Waals surface area contributed by atoms with Gasteiger partial charge in [0.15, 0.2) is 0 Å². The van der Waals surface area contributed by atoms with Gasteiger partial charge in [-0.2, -0.15) is 0 Å². The van der Waals surface area contributed by atoms with Gasteiger partial charge in [0.05, 0.1) is 12.0 Å². The Kier molecular flexibility index (Phi) is 7.18. The third kappa shape index (κ3) is 5.02. The number of carbonyl (C=O) groups excluding carboxylic acids is 1. The Morgan fingerprint density at radius 1 is 1.46 bits per heavy atom. The van der Waals surface area contributed by atoms with Gasteiger partial charge in [-0.15, -0.1) is 0 Å². The average molecular weight is 333 g/mol. The largest absolute Gasteiger partial charge is 0.383 e. The second-order valence-electron chi connectivity index (χ2n) is 7.07. The smallest absolute Gasteiger partial charge is 0.229 e. The van der Waals surface area contributed by atoms with E-state index in [1.807, 2.05) is 26.4 Å². The molecule has 134 valence electrons. The van der Waals surface area contributed by atoms with Gasteiger partial charge in [-0.3, -0.25) is 14.7 Å². The Morgan fingerprint density at radius 2 is 2.29 bits per heavy atom. The quantitative estimate of drug-likeness (QED) is 0.732.